The van der Waals surface area contributed by atoms with E-state index in [1.54, 1.807) is 50.2 Å². The first-order chi connectivity index (χ1) is 13.7. The van der Waals surface area contributed by atoms with Crippen molar-refractivity contribution in [3.8, 4) is 5.75 Å². The molecule has 0 aromatic heterocycles. The molecule has 2 amide bonds. The van der Waals surface area contributed by atoms with Gasteiger partial charge in [-0.05, 0) is 62.2 Å². The highest BCUT2D eigenvalue weighted by molar-refractivity contribution is 7.91. The number of phenolic OH excluding ortho intramolecular Hbond substituents is 1. The van der Waals surface area contributed by atoms with Gasteiger partial charge in [0.15, 0.2) is 0 Å². The average molecular weight is 410 g/mol. The molecule has 0 aliphatic carbocycles. The van der Waals surface area contributed by atoms with Crippen LogP contribution in [0.1, 0.15) is 16.7 Å². The van der Waals surface area contributed by atoms with Crippen LogP contribution in [0.15, 0.2) is 70.5 Å². The summed E-state index contributed by atoms with van der Waals surface area (Å²) in [5, 5.41) is 15.8. The third-order valence-corrected chi connectivity index (χ3v) is 6.51. The highest BCUT2D eigenvalue weighted by Gasteiger charge is 2.27. The predicted octanol–water partition coefficient (Wildman–Crippen LogP) is 4.79. The first-order valence-corrected chi connectivity index (χ1v) is 10.5. The Hall–Kier alpha value is -3.32. The van der Waals surface area contributed by atoms with Gasteiger partial charge in [0.1, 0.15) is 10.6 Å². The molecular formula is C22H22N2O4S. The molecule has 0 fully saturated rings. The van der Waals surface area contributed by atoms with E-state index in [-0.39, 0.29) is 21.1 Å². The summed E-state index contributed by atoms with van der Waals surface area (Å²) in [6.07, 6.45) is 0. The molecule has 150 valence electrons. The summed E-state index contributed by atoms with van der Waals surface area (Å²) in [6.45, 7) is 5.11. The van der Waals surface area contributed by atoms with Crippen LogP contribution in [0.3, 0.4) is 0 Å². The molecule has 0 atom stereocenters. The van der Waals surface area contributed by atoms with Crippen LogP contribution in [0.5, 0.6) is 5.75 Å². The lowest BCUT2D eigenvalue weighted by atomic mass is 10.1. The zero-order valence-corrected chi connectivity index (χ0v) is 17.2. The number of carbonyl (C=O) groups excluding carboxylic acids is 1. The van der Waals surface area contributed by atoms with Crippen LogP contribution < -0.4 is 10.6 Å². The number of rotatable bonds is 4. The summed E-state index contributed by atoms with van der Waals surface area (Å²) < 4.78 is 26.3. The zero-order valence-electron chi connectivity index (χ0n) is 16.4. The molecule has 0 saturated heterocycles. The van der Waals surface area contributed by atoms with Gasteiger partial charge < -0.3 is 15.7 Å². The Morgan fingerprint density at radius 3 is 2.14 bits per heavy atom. The largest absolute Gasteiger partial charge is 0.507 e. The van der Waals surface area contributed by atoms with E-state index in [4.69, 9.17) is 0 Å². The number of hydrogen-bond donors (Lipinski definition) is 3. The van der Waals surface area contributed by atoms with E-state index in [9.17, 15) is 18.3 Å². The van der Waals surface area contributed by atoms with E-state index >= 15 is 0 Å². The monoisotopic (exact) mass is 410 g/mol. The molecular weight excluding hydrogens is 388 g/mol. The maximum Gasteiger partial charge on any atom is 0.323 e. The average Bonchev–Trinajstić information content (AvgIpc) is 2.66. The first kappa shape index (κ1) is 20.4. The molecule has 0 radical (unpaired) electrons. The highest BCUT2D eigenvalue weighted by Crippen LogP contribution is 2.37. The number of sulfone groups is 1. The Balaban J connectivity index is 2.00. The number of aromatic hydroxyl groups is 1. The number of para-hydroxylation sites is 1. The van der Waals surface area contributed by atoms with Gasteiger partial charge in [-0.15, -0.1) is 0 Å². The van der Waals surface area contributed by atoms with Crippen LogP contribution in [0.25, 0.3) is 0 Å². The topological polar surface area (TPSA) is 95.5 Å². The molecule has 0 spiro atoms. The van der Waals surface area contributed by atoms with E-state index in [2.05, 4.69) is 10.6 Å². The number of carbonyl (C=O) groups is 1. The van der Waals surface area contributed by atoms with Crippen molar-refractivity contribution in [3.63, 3.8) is 0 Å². The van der Waals surface area contributed by atoms with Gasteiger partial charge in [-0.2, -0.15) is 0 Å². The summed E-state index contributed by atoms with van der Waals surface area (Å²) in [6, 6.07) is 16.1. The van der Waals surface area contributed by atoms with E-state index in [0.29, 0.717) is 16.9 Å². The Bertz CT molecular complexity index is 1160. The van der Waals surface area contributed by atoms with Crippen molar-refractivity contribution in [2.45, 2.75) is 30.6 Å². The Kier molecular flexibility index (Phi) is 5.61. The number of nitrogens with one attached hydrogen (secondary N) is 2. The molecule has 0 aliphatic heterocycles. The molecule has 0 bridgehead atoms. The van der Waals surface area contributed by atoms with Gasteiger partial charge in [-0.1, -0.05) is 35.9 Å². The van der Waals surface area contributed by atoms with Crippen LogP contribution in [0.2, 0.25) is 0 Å². The smallest absolute Gasteiger partial charge is 0.323 e. The lowest BCUT2D eigenvalue weighted by Gasteiger charge is -2.18. The summed E-state index contributed by atoms with van der Waals surface area (Å²) >= 11 is 0. The Morgan fingerprint density at radius 2 is 1.52 bits per heavy atom. The van der Waals surface area contributed by atoms with Crippen molar-refractivity contribution in [1.82, 2.24) is 0 Å². The molecule has 6 nitrogen and oxygen atoms in total. The normalized spacial score (nSPS) is 11.1. The van der Waals surface area contributed by atoms with Crippen molar-refractivity contribution < 1.29 is 18.3 Å². The van der Waals surface area contributed by atoms with Gasteiger partial charge in [-0.25, -0.2) is 13.2 Å². The second-order valence-corrected chi connectivity index (χ2v) is 8.69. The van der Waals surface area contributed by atoms with Crippen LogP contribution >= 0.6 is 0 Å². The second-order valence-electron chi connectivity index (χ2n) is 6.80. The van der Waals surface area contributed by atoms with Gasteiger partial charge in [-0.3, -0.25) is 0 Å². The van der Waals surface area contributed by atoms with Gasteiger partial charge in [0.05, 0.1) is 4.90 Å². The number of phenols is 1. The molecule has 29 heavy (non-hydrogen) atoms. The molecule has 3 N–H and O–H groups in total. The van der Waals surface area contributed by atoms with E-state index in [1.807, 2.05) is 13.0 Å². The number of hydrogen-bond acceptors (Lipinski definition) is 4. The maximum absolute atomic E-state index is 13.1. The van der Waals surface area contributed by atoms with Crippen LogP contribution in [-0.4, -0.2) is 19.6 Å². The minimum absolute atomic E-state index is 0.0741. The van der Waals surface area contributed by atoms with Crippen molar-refractivity contribution >= 4 is 27.2 Å². The highest BCUT2D eigenvalue weighted by atomic mass is 32.2. The van der Waals surface area contributed by atoms with E-state index in [0.717, 1.165) is 5.56 Å². The third-order valence-electron chi connectivity index (χ3n) is 4.57. The fourth-order valence-electron chi connectivity index (χ4n) is 3.11. The lowest BCUT2D eigenvalue weighted by Crippen LogP contribution is -2.21. The lowest BCUT2D eigenvalue weighted by molar-refractivity contribution is 0.262. The van der Waals surface area contributed by atoms with Crippen molar-refractivity contribution in [2.75, 3.05) is 10.6 Å². The number of benzene rings is 3. The molecule has 3 aromatic rings. The van der Waals surface area contributed by atoms with Crippen molar-refractivity contribution in [3.05, 3.63) is 77.4 Å². The Labute approximate surface area is 170 Å². The van der Waals surface area contributed by atoms with Gasteiger partial charge in [0.25, 0.3) is 0 Å². The van der Waals surface area contributed by atoms with E-state index in [1.165, 1.54) is 18.2 Å². The van der Waals surface area contributed by atoms with Crippen LogP contribution in [0, 0.1) is 20.8 Å². The molecule has 0 heterocycles. The third kappa shape index (κ3) is 4.25. The van der Waals surface area contributed by atoms with Gasteiger partial charge in [0.2, 0.25) is 9.84 Å². The molecule has 0 unspecified atom stereocenters. The summed E-state index contributed by atoms with van der Waals surface area (Å²) in [5.41, 5.74) is 2.68. The number of amides is 2. The number of urea groups is 1. The Morgan fingerprint density at radius 1 is 0.897 bits per heavy atom. The fourth-order valence-corrected chi connectivity index (χ4v) is 4.68. The number of anilines is 2. The van der Waals surface area contributed by atoms with Gasteiger partial charge >= 0.3 is 6.03 Å². The van der Waals surface area contributed by atoms with Crippen LogP contribution in [0.4, 0.5) is 16.2 Å². The minimum atomic E-state index is -3.97. The summed E-state index contributed by atoms with van der Waals surface area (Å²) in [7, 11) is -3.97. The molecule has 0 saturated carbocycles. The number of aryl methyl sites for hydroxylation is 2. The first-order valence-electron chi connectivity index (χ1n) is 8.98. The predicted molar refractivity (Wildman–Crippen MR) is 113 cm³/mol. The van der Waals surface area contributed by atoms with Crippen molar-refractivity contribution in [2.24, 2.45) is 0 Å². The summed E-state index contributed by atoms with van der Waals surface area (Å²) in [4.78, 5) is 12.3. The second kappa shape index (κ2) is 7.97. The standard InChI is InChI=1S/C22H22N2O4S/c1-14-9-11-18(12-10-14)29(27,28)21-16(3)20(15(2)13-19(21)25)24-22(26)23-17-7-5-4-6-8-17/h4-13,25H,1-3H3,(H2,23,24,26). The molecule has 7 heteroatoms. The summed E-state index contributed by atoms with van der Waals surface area (Å²) in [5.74, 6) is -0.352. The van der Waals surface area contributed by atoms with E-state index < -0.39 is 15.9 Å². The SMILES string of the molecule is Cc1ccc(S(=O)(=O)c2c(O)cc(C)c(NC(=O)Nc3ccccc3)c2C)cc1. The molecule has 0 aliphatic rings. The molecule has 3 rings (SSSR count). The maximum atomic E-state index is 13.1. The minimum Gasteiger partial charge on any atom is -0.507 e. The van der Waals surface area contributed by atoms with Gasteiger partial charge in [0, 0.05) is 11.4 Å². The van der Waals surface area contributed by atoms with Crippen molar-refractivity contribution in [1.29, 1.82) is 0 Å². The quantitative estimate of drug-likeness (QED) is 0.539. The fraction of sp³-hybridized carbons (Fsp3) is 0.136. The molecule has 3 aromatic carbocycles. The van der Waals surface area contributed by atoms with Crippen LogP contribution in [-0.2, 0) is 9.84 Å². The zero-order chi connectivity index (χ0) is 21.2.